The van der Waals surface area contributed by atoms with Crippen LogP contribution in [0.25, 0.3) is 189 Å². The van der Waals surface area contributed by atoms with Crippen molar-refractivity contribution in [1.29, 1.82) is 0 Å². The summed E-state index contributed by atoms with van der Waals surface area (Å²) in [6, 6.07) is 162. The van der Waals surface area contributed by atoms with E-state index in [-0.39, 0.29) is 64.9 Å². The molecule has 0 saturated heterocycles. The van der Waals surface area contributed by atoms with Gasteiger partial charge in [0.25, 0.3) is 0 Å². The minimum Gasteiger partial charge on any atom is -0.309 e. The van der Waals surface area contributed by atoms with Gasteiger partial charge in [-0.25, -0.2) is 11.1 Å². The number of nitrogens with zero attached hydrogens (tertiary/aromatic N) is 4. The van der Waals surface area contributed by atoms with Crippen molar-refractivity contribution in [3.8, 4) is 145 Å². The number of hydrogen-bond acceptors (Lipinski definition) is 2. The first-order chi connectivity index (χ1) is 67.4. The van der Waals surface area contributed by atoms with Gasteiger partial charge in [-0.2, -0.15) is 30.3 Å². The second kappa shape index (κ2) is 35.9. The maximum Gasteiger partial charge on any atom is 0.0541 e. The second-order valence-corrected chi connectivity index (χ2v) is 42.5. The Labute approximate surface area is 838 Å². The van der Waals surface area contributed by atoms with E-state index in [1.54, 1.807) is 0 Å². The summed E-state index contributed by atoms with van der Waals surface area (Å²) in [4.78, 5) is 11.1. The van der Waals surface area contributed by atoms with Gasteiger partial charge in [0.1, 0.15) is 0 Å². The Morgan fingerprint density at radius 2 is 0.671 bits per heavy atom. The zero-order valence-corrected chi connectivity index (χ0v) is 84.1. The van der Waals surface area contributed by atoms with Gasteiger partial charge in [0, 0.05) is 71.0 Å². The summed E-state index contributed by atoms with van der Waals surface area (Å²) in [6.45, 7) is 28.6. The molecule has 21 aromatic rings. The van der Waals surface area contributed by atoms with Crippen LogP contribution in [0.2, 0.25) is 0 Å². The molecule has 2 aliphatic rings. The van der Waals surface area contributed by atoms with Crippen LogP contribution in [0.15, 0.2) is 407 Å². The Morgan fingerprint density at radius 3 is 1.20 bits per heavy atom. The molecule has 0 bridgehead atoms. The summed E-state index contributed by atoms with van der Waals surface area (Å²) >= 11 is 0. The molecular weight excluding hydrogens is 1870 g/mol. The molecule has 0 N–H and O–H groups in total. The molecule has 5 heteroatoms. The molecule has 3 unspecified atom stereocenters. The van der Waals surface area contributed by atoms with E-state index in [1.165, 1.54) is 110 Å². The summed E-state index contributed by atoms with van der Waals surface area (Å²) < 4.78 is 4.84. The average molecular weight is 1980 g/mol. The van der Waals surface area contributed by atoms with Crippen molar-refractivity contribution in [2.24, 2.45) is 5.41 Å². The molecule has 4 nitrogen and oxygen atoms in total. The fourth-order valence-electron chi connectivity index (χ4n) is 23.0. The van der Waals surface area contributed by atoms with Crippen LogP contribution < -0.4 is 0 Å². The van der Waals surface area contributed by atoms with Crippen molar-refractivity contribution in [3.63, 3.8) is 0 Å². The Bertz CT molecular complexity index is 7920. The minimum atomic E-state index is -0.179. The van der Waals surface area contributed by atoms with Gasteiger partial charge in [-0.15, -0.1) is 93.5 Å². The molecule has 1 radical (unpaired) electrons. The third-order valence-corrected chi connectivity index (χ3v) is 31.8. The van der Waals surface area contributed by atoms with E-state index < -0.39 is 0 Å². The molecule has 1 saturated carbocycles. The Kier molecular flexibility index (Phi) is 23.2. The van der Waals surface area contributed by atoms with Crippen molar-refractivity contribution in [1.82, 2.24) is 19.1 Å². The largest absolute Gasteiger partial charge is 0.309 e. The van der Waals surface area contributed by atoms with Crippen molar-refractivity contribution in [2.75, 3.05) is 0 Å². The van der Waals surface area contributed by atoms with Gasteiger partial charge in [-0.1, -0.05) is 367 Å². The number of hydrogen-bond donors (Lipinski definition) is 0. The molecule has 685 valence electrons. The van der Waals surface area contributed by atoms with E-state index in [4.69, 9.17) is 9.97 Å². The molecule has 4 aromatic heterocycles. The van der Waals surface area contributed by atoms with Gasteiger partial charge in [0.05, 0.1) is 22.1 Å². The quantitative estimate of drug-likeness (QED) is 0.0852. The maximum atomic E-state index is 5.65. The maximum absolute atomic E-state index is 5.65. The minimum absolute atomic E-state index is 0. The van der Waals surface area contributed by atoms with Crippen LogP contribution in [0.3, 0.4) is 0 Å². The molecular formula is C135H112IrN4-4. The zero-order chi connectivity index (χ0) is 94.8. The molecule has 140 heavy (non-hydrogen) atoms. The molecule has 4 heterocycles. The number of fused-ring (bicyclic) bond motifs is 7. The number of benzene rings is 17. The predicted molar refractivity (Wildman–Crippen MR) is 583 cm³/mol. The van der Waals surface area contributed by atoms with E-state index in [0.717, 1.165) is 137 Å². The zero-order valence-electron chi connectivity index (χ0n) is 81.7. The SMILES string of the molecule is CC(C)(C)c1ccc(C2CC(c3ccccc3-c3ccc(-c4[c-]cc5c(c4)C(C)(C)C(C)(C)C5(C)C)nc3)CC(c3ccc(C(C)(C)C)cc3-c3cnc(-c4[c-]ccc(-c5ccc6c(c5)c5ccccc5n6-c5cccc(-c6ccccc6)c5)c4)cc3-c3ccccc3)C2)c(-c2c[c-]c(-c3[c-]ccc(-c4ccc5c(c4)c4ccccc4n5-c4cccc(-c5ccccc5)c4)c3)cc2-c2ccccc2)c1.[Ir]. The van der Waals surface area contributed by atoms with Crippen LogP contribution in [0, 0.1) is 29.7 Å². The van der Waals surface area contributed by atoms with Crippen LogP contribution in [0.1, 0.15) is 159 Å². The topological polar surface area (TPSA) is 35.6 Å². The predicted octanol–water partition coefficient (Wildman–Crippen LogP) is 35.9. The van der Waals surface area contributed by atoms with Gasteiger partial charge in [0.2, 0.25) is 0 Å². The molecule has 0 spiro atoms. The van der Waals surface area contributed by atoms with E-state index in [2.05, 4.69) is 523 Å². The Balaban J connectivity index is 0.0000113. The summed E-state index contributed by atoms with van der Waals surface area (Å²) in [5.74, 6) is 0.268. The number of pyridine rings is 2. The first-order valence-electron chi connectivity index (χ1n) is 49.4. The standard InChI is InChI=1S/C135H112N4.Ir/c1-131(2,3)105-62-65-111(118(82-105)113-64-57-96(78-116(113)89-39-21-15-22-40-89)91-43-31-44-92(71-91)97-60-69-129-120(79-97)114-53-27-29-55-127(114)138(129)107-49-33-46-94(76-107)87-35-17-13-18-36-87)103-73-102(110-52-26-25-51-109(110)101-59-68-125(136-85-101)100-58-67-123-124(81-100)134(9,10)135(11,12)133(123,7)8)74-104(75-103)112-66-63-106(132(4,5)6)83-119(112)122-86-137-126(84-117(122)90-41-23-16-24-42-90)99-48-32-45-93(72-99)98-61-70-130-121(80-98)115-54-28-30-56-128(115)139(130)108-50-34-47-95(77-108)88-37-19-14-20-38-88;/h13-42,44-47,49-56,59-72,76-86,102-104H,73-75H2,1-12H3;/q-4;. The van der Waals surface area contributed by atoms with Crippen LogP contribution >= 0.6 is 0 Å². The van der Waals surface area contributed by atoms with Crippen molar-refractivity contribution < 1.29 is 20.1 Å². The summed E-state index contributed by atoms with van der Waals surface area (Å²) in [7, 11) is 0. The van der Waals surface area contributed by atoms with Crippen molar-refractivity contribution in [3.05, 3.63) is 470 Å². The third kappa shape index (κ3) is 16.2. The summed E-state index contributed by atoms with van der Waals surface area (Å²) in [6.07, 6.45) is 7.06. The molecule has 23 rings (SSSR count). The van der Waals surface area contributed by atoms with E-state index in [9.17, 15) is 0 Å². The van der Waals surface area contributed by atoms with Gasteiger partial charge < -0.3 is 19.1 Å². The van der Waals surface area contributed by atoms with Crippen LogP contribution in [0.5, 0.6) is 0 Å². The fraction of sp³-hybridized carbons (Fsp3) is 0.170. The molecule has 2 aliphatic carbocycles. The first-order valence-corrected chi connectivity index (χ1v) is 49.4. The van der Waals surface area contributed by atoms with E-state index in [0.29, 0.717) is 0 Å². The fourth-order valence-corrected chi connectivity index (χ4v) is 23.0. The monoisotopic (exact) mass is 1980 g/mol. The molecule has 1 fully saturated rings. The van der Waals surface area contributed by atoms with Gasteiger partial charge >= 0.3 is 0 Å². The number of rotatable bonds is 17. The van der Waals surface area contributed by atoms with Crippen LogP contribution in [-0.4, -0.2) is 19.1 Å². The smallest absolute Gasteiger partial charge is 0.0541 e. The van der Waals surface area contributed by atoms with Gasteiger partial charge in [0.15, 0.2) is 0 Å². The third-order valence-electron chi connectivity index (χ3n) is 31.8. The normalized spacial score (nSPS) is 15.5. The second-order valence-electron chi connectivity index (χ2n) is 42.5. The Morgan fingerprint density at radius 1 is 0.264 bits per heavy atom. The summed E-state index contributed by atoms with van der Waals surface area (Å²) in [5, 5.41) is 4.83. The van der Waals surface area contributed by atoms with Gasteiger partial charge in [-0.3, -0.25) is 0 Å². The number of aromatic nitrogens is 4. The van der Waals surface area contributed by atoms with E-state index in [1.807, 2.05) is 0 Å². The van der Waals surface area contributed by atoms with E-state index >= 15 is 0 Å². The van der Waals surface area contributed by atoms with Crippen molar-refractivity contribution >= 4 is 43.6 Å². The molecule has 3 atom stereocenters. The molecule has 0 amide bonds. The Hall–Kier alpha value is -14.7. The van der Waals surface area contributed by atoms with Gasteiger partial charge in [-0.05, 0) is 231 Å². The van der Waals surface area contributed by atoms with Crippen molar-refractivity contribution in [2.45, 2.75) is 142 Å². The molecule has 0 aliphatic heterocycles. The average Bonchev–Trinajstić information content (AvgIpc) is 1.53. The van der Waals surface area contributed by atoms with Crippen LogP contribution in [0.4, 0.5) is 0 Å². The first kappa shape index (κ1) is 90.4. The van der Waals surface area contributed by atoms with Crippen LogP contribution in [-0.2, 0) is 41.8 Å². The summed E-state index contributed by atoms with van der Waals surface area (Å²) in [5.41, 5.74) is 42.5. The molecule has 17 aromatic carbocycles. The number of para-hydroxylation sites is 2.